The summed E-state index contributed by atoms with van der Waals surface area (Å²) in [5.74, 6) is 0. The highest BCUT2D eigenvalue weighted by Crippen LogP contribution is 2.49. The first-order valence-corrected chi connectivity index (χ1v) is 10.3. The van der Waals surface area contributed by atoms with Crippen LogP contribution in [-0.2, 0) is 0 Å². The highest BCUT2D eigenvalue weighted by atomic mass is 28.3. The van der Waals surface area contributed by atoms with Crippen LogP contribution in [0.15, 0.2) is 103 Å². The predicted octanol–water partition coefficient (Wildman–Crippen LogP) is 4.83. The first-order valence-electron chi connectivity index (χ1n) is 8.03. The quantitative estimate of drug-likeness (QED) is 0.699. The van der Waals surface area contributed by atoms with Crippen molar-refractivity contribution in [1.29, 1.82) is 0 Å². The van der Waals surface area contributed by atoms with Crippen LogP contribution in [0.25, 0.3) is 0 Å². The van der Waals surface area contributed by atoms with Gasteiger partial charge in [-0.3, -0.25) is 0 Å². The molecule has 0 atom stereocenters. The molecule has 0 heterocycles. The summed E-state index contributed by atoms with van der Waals surface area (Å²) in [5, 5.41) is 1.55. The predicted molar refractivity (Wildman–Crippen MR) is 97.9 cm³/mol. The lowest BCUT2D eigenvalue weighted by Crippen LogP contribution is -2.56. The van der Waals surface area contributed by atoms with Gasteiger partial charge in [0.15, 0.2) is 0 Å². The molecule has 0 N–H and O–H groups in total. The van der Waals surface area contributed by atoms with Crippen LogP contribution in [0.2, 0.25) is 16.6 Å². The molecule has 1 heteroatoms. The molecule has 3 aliphatic rings. The lowest BCUT2D eigenvalue weighted by molar-refractivity contribution is 1.10. The molecule has 0 amide bonds. The molecular weight excluding hydrogens is 280 g/mol. The maximum absolute atomic E-state index is 2.42. The smallest absolute Gasteiger partial charge is 0.0799 e. The van der Waals surface area contributed by atoms with E-state index < -0.39 is 8.07 Å². The fraction of sp³-hybridized carbons (Fsp3) is 0.143. The Kier molecular flexibility index (Phi) is 3.43. The molecule has 0 aliphatic heterocycles. The molecule has 0 nitrogen and oxygen atoms in total. The van der Waals surface area contributed by atoms with E-state index in [4.69, 9.17) is 0 Å². The highest BCUT2D eigenvalue weighted by molar-refractivity contribution is 6.97. The minimum atomic E-state index is -1.89. The van der Waals surface area contributed by atoms with Gasteiger partial charge in [0.25, 0.3) is 0 Å². The highest BCUT2D eigenvalue weighted by Gasteiger charge is 2.50. The lowest BCUT2D eigenvalue weighted by atomic mass is 10.4. The molecule has 0 radical (unpaired) electrons. The number of hydrogen-bond acceptors (Lipinski definition) is 0. The fourth-order valence-corrected chi connectivity index (χ4v) is 10.1. The number of rotatable bonds is 4. The molecule has 108 valence electrons. The zero-order valence-electron chi connectivity index (χ0n) is 12.5. The van der Waals surface area contributed by atoms with Crippen LogP contribution in [0.3, 0.4) is 0 Å². The van der Waals surface area contributed by atoms with Crippen molar-refractivity contribution < 1.29 is 0 Å². The van der Waals surface area contributed by atoms with E-state index in [0.717, 1.165) is 0 Å². The minimum absolute atomic E-state index is 0.546. The van der Waals surface area contributed by atoms with Crippen LogP contribution in [0.4, 0.5) is 0 Å². The third-order valence-corrected chi connectivity index (χ3v) is 11.0. The third kappa shape index (κ3) is 1.97. The lowest BCUT2D eigenvalue weighted by Gasteiger charge is -2.43. The molecule has 1 aromatic carbocycles. The Labute approximate surface area is 133 Å². The van der Waals surface area contributed by atoms with Crippen molar-refractivity contribution >= 4 is 13.3 Å². The summed E-state index contributed by atoms with van der Waals surface area (Å²) < 4.78 is 0. The van der Waals surface area contributed by atoms with Gasteiger partial charge in [-0.1, -0.05) is 108 Å². The Morgan fingerprint density at radius 3 is 1.23 bits per heavy atom. The van der Waals surface area contributed by atoms with Gasteiger partial charge < -0.3 is 0 Å². The van der Waals surface area contributed by atoms with Crippen molar-refractivity contribution in [3.63, 3.8) is 0 Å². The second kappa shape index (κ2) is 5.58. The van der Waals surface area contributed by atoms with Crippen molar-refractivity contribution in [1.82, 2.24) is 0 Å². The molecule has 0 spiro atoms. The average Bonchev–Trinajstić information content (AvgIpc) is 3.34. The molecule has 0 unspecified atom stereocenters. The zero-order chi connectivity index (χ0) is 14.8. The SMILES string of the molecule is C1=CC([Si](c2ccccc2)(C2C=CC=C2)C2C=CC=C2)C=C1. The van der Waals surface area contributed by atoms with Gasteiger partial charge in [0, 0.05) is 0 Å². The molecule has 0 saturated carbocycles. The minimum Gasteiger partial charge on any atom is -0.0799 e. The van der Waals surface area contributed by atoms with Gasteiger partial charge in [-0.15, -0.1) is 0 Å². The van der Waals surface area contributed by atoms with Gasteiger partial charge in [0.1, 0.15) is 8.07 Å². The van der Waals surface area contributed by atoms with E-state index in [9.17, 15) is 0 Å². The topological polar surface area (TPSA) is 0 Å². The second-order valence-electron chi connectivity index (χ2n) is 6.19. The van der Waals surface area contributed by atoms with E-state index >= 15 is 0 Å². The van der Waals surface area contributed by atoms with Crippen LogP contribution in [-0.4, -0.2) is 8.07 Å². The van der Waals surface area contributed by atoms with Gasteiger partial charge >= 0.3 is 0 Å². The van der Waals surface area contributed by atoms with Crippen LogP contribution in [0.5, 0.6) is 0 Å². The summed E-state index contributed by atoms with van der Waals surface area (Å²) in [5.41, 5.74) is 1.64. The first kappa shape index (κ1) is 13.5. The average molecular weight is 300 g/mol. The van der Waals surface area contributed by atoms with Gasteiger partial charge in [-0.05, 0) is 16.6 Å². The summed E-state index contributed by atoms with van der Waals surface area (Å²) >= 11 is 0. The molecule has 22 heavy (non-hydrogen) atoms. The third-order valence-electron chi connectivity index (χ3n) is 5.17. The summed E-state index contributed by atoms with van der Waals surface area (Å²) in [6.07, 6.45) is 27.8. The summed E-state index contributed by atoms with van der Waals surface area (Å²) in [4.78, 5) is 0. The van der Waals surface area contributed by atoms with Gasteiger partial charge in [0.05, 0.1) is 0 Å². The monoisotopic (exact) mass is 300 g/mol. The zero-order valence-corrected chi connectivity index (χ0v) is 13.5. The number of benzene rings is 1. The van der Waals surface area contributed by atoms with E-state index in [2.05, 4.69) is 103 Å². The molecule has 0 saturated heterocycles. The fourth-order valence-electron chi connectivity index (χ4n) is 4.22. The maximum atomic E-state index is 2.42. The summed E-state index contributed by atoms with van der Waals surface area (Å²) in [7, 11) is -1.89. The Bertz CT molecular complexity index is 610. The van der Waals surface area contributed by atoms with Gasteiger partial charge in [-0.2, -0.15) is 0 Å². The molecule has 0 aromatic heterocycles. The molecular formula is C21H20Si. The van der Waals surface area contributed by atoms with E-state index in [-0.39, 0.29) is 0 Å². The molecule has 0 bridgehead atoms. The number of hydrogen-bond donors (Lipinski definition) is 0. The van der Waals surface area contributed by atoms with Gasteiger partial charge in [0.2, 0.25) is 0 Å². The van der Waals surface area contributed by atoms with Crippen molar-refractivity contribution in [3.8, 4) is 0 Å². The van der Waals surface area contributed by atoms with Gasteiger partial charge in [-0.25, -0.2) is 0 Å². The summed E-state index contributed by atoms with van der Waals surface area (Å²) in [6.45, 7) is 0. The molecule has 0 fully saturated rings. The van der Waals surface area contributed by atoms with E-state index in [1.165, 1.54) is 0 Å². The molecule has 1 aromatic rings. The van der Waals surface area contributed by atoms with Crippen molar-refractivity contribution in [2.75, 3.05) is 0 Å². The van der Waals surface area contributed by atoms with Crippen LogP contribution < -0.4 is 5.19 Å². The Morgan fingerprint density at radius 2 is 0.864 bits per heavy atom. The summed E-state index contributed by atoms with van der Waals surface area (Å²) in [6, 6.07) is 11.2. The van der Waals surface area contributed by atoms with E-state index in [1.54, 1.807) is 5.19 Å². The van der Waals surface area contributed by atoms with E-state index in [0.29, 0.717) is 16.6 Å². The van der Waals surface area contributed by atoms with Crippen molar-refractivity contribution in [2.45, 2.75) is 16.6 Å². The second-order valence-corrected chi connectivity index (χ2v) is 10.6. The van der Waals surface area contributed by atoms with Crippen molar-refractivity contribution in [3.05, 3.63) is 103 Å². The van der Waals surface area contributed by atoms with Crippen molar-refractivity contribution in [2.24, 2.45) is 0 Å². The van der Waals surface area contributed by atoms with Crippen LogP contribution in [0.1, 0.15) is 0 Å². The van der Waals surface area contributed by atoms with Crippen LogP contribution in [0, 0.1) is 0 Å². The van der Waals surface area contributed by atoms with E-state index in [1.807, 2.05) is 0 Å². The Hall–Kier alpha value is -2.12. The number of allylic oxidation sites excluding steroid dienone is 12. The largest absolute Gasteiger partial charge is 0.118 e. The van der Waals surface area contributed by atoms with Crippen LogP contribution >= 0.6 is 0 Å². The Morgan fingerprint density at radius 1 is 0.500 bits per heavy atom. The maximum Gasteiger partial charge on any atom is 0.118 e. The molecule has 3 aliphatic carbocycles. The Balaban J connectivity index is 1.95. The molecule has 4 rings (SSSR count). The first-order chi connectivity index (χ1) is 10.9. The standard InChI is InChI=1S/C21H20Si/c1-2-10-18(11-3-1)22(19-12-4-5-13-19,20-14-6-7-15-20)21-16-8-9-17-21/h1-17,19-21H. The normalized spacial score (nSPS) is 20.9.